The highest BCUT2D eigenvalue weighted by Gasteiger charge is 2.24. The fourth-order valence-corrected chi connectivity index (χ4v) is 3.70. The number of nitrogens with one attached hydrogen (secondary N) is 1. The summed E-state index contributed by atoms with van der Waals surface area (Å²) in [6.45, 7) is 3.55. The summed E-state index contributed by atoms with van der Waals surface area (Å²) in [5, 5.41) is 3.63. The van der Waals surface area contributed by atoms with Crippen LogP contribution in [0.5, 0.6) is 0 Å². The van der Waals surface area contributed by atoms with E-state index in [1.54, 1.807) is 0 Å². The lowest BCUT2D eigenvalue weighted by atomic mass is 10.0. The van der Waals surface area contributed by atoms with E-state index < -0.39 is 0 Å². The minimum atomic E-state index is 0.551. The Morgan fingerprint density at radius 3 is 2.80 bits per heavy atom. The van der Waals surface area contributed by atoms with Gasteiger partial charge in [0.2, 0.25) is 0 Å². The molecule has 2 heterocycles. The van der Waals surface area contributed by atoms with Gasteiger partial charge in [0.25, 0.3) is 0 Å². The first kappa shape index (κ1) is 13.9. The molecule has 2 saturated heterocycles. The van der Waals surface area contributed by atoms with Crippen LogP contribution >= 0.6 is 0 Å². The van der Waals surface area contributed by atoms with Gasteiger partial charge in [0, 0.05) is 31.4 Å². The number of hydrogen-bond donors (Lipinski definition) is 1. The second-order valence-electron chi connectivity index (χ2n) is 6.36. The third kappa shape index (κ3) is 2.84. The Bertz CT molecular complexity index is 440. The molecule has 3 nitrogen and oxygen atoms in total. The standard InChI is InChI=1S/C17H27N3/c1-19-12-6-7-14(19)13-20(2)17-10-4-3-8-15(17)16-9-5-11-18-16/h3-4,8,10,14,16,18H,5-7,9,11-13H2,1-2H3. The molecule has 0 aliphatic carbocycles. The molecule has 0 saturated carbocycles. The van der Waals surface area contributed by atoms with Crippen molar-refractivity contribution in [3.63, 3.8) is 0 Å². The Labute approximate surface area is 123 Å². The van der Waals surface area contributed by atoms with Crippen LogP contribution in [0.1, 0.15) is 37.3 Å². The summed E-state index contributed by atoms with van der Waals surface area (Å²) in [6, 6.07) is 10.2. The summed E-state index contributed by atoms with van der Waals surface area (Å²) < 4.78 is 0. The van der Waals surface area contributed by atoms with Crippen LogP contribution in [0.2, 0.25) is 0 Å². The average Bonchev–Trinajstić information content (AvgIpc) is 3.11. The molecule has 2 unspecified atom stereocenters. The lowest BCUT2D eigenvalue weighted by Crippen LogP contribution is -2.37. The number of benzene rings is 1. The van der Waals surface area contributed by atoms with Gasteiger partial charge in [-0.25, -0.2) is 0 Å². The third-order valence-corrected chi connectivity index (χ3v) is 4.94. The zero-order chi connectivity index (χ0) is 13.9. The highest BCUT2D eigenvalue weighted by molar-refractivity contribution is 5.54. The molecule has 0 spiro atoms. The summed E-state index contributed by atoms with van der Waals surface area (Å²) >= 11 is 0. The molecule has 2 fully saturated rings. The van der Waals surface area contributed by atoms with Crippen LogP contribution in [0.25, 0.3) is 0 Å². The van der Waals surface area contributed by atoms with E-state index in [0.717, 1.165) is 13.1 Å². The first-order valence-corrected chi connectivity index (χ1v) is 7.99. The zero-order valence-corrected chi connectivity index (χ0v) is 12.8. The summed E-state index contributed by atoms with van der Waals surface area (Å²) in [5.41, 5.74) is 2.89. The number of anilines is 1. The smallest absolute Gasteiger partial charge is 0.0412 e. The molecule has 2 aliphatic heterocycles. The number of rotatable bonds is 4. The van der Waals surface area contributed by atoms with Crippen molar-refractivity contribution < 1.29 is 0 Å². The van der Waals surface area contributed by atoms with Crippen molar-refractivity contribution in [2.24, 2.45) is 0 Å². The highest BCUT2D eigenvalue weighted by atomic mass is 15.2. The highest BCUT2D eigenvalue weighted by Crippen LogP contribution is 2.31. The molecule has 0 bridgehead atoms. The second-order valence-corrected chi connectivity index (χ2v) is 6.36. The number of hydrogen-bond acceptors (Lipinski definition) is 3. The van der Waals surface area contributed by atoms with Gasteiger partial charge in [-0.2, -0.15) is 0 Å². The Morgan fingerprint density at radius 2 is 2.10 bits per heavy atom. The molecule has 20 heavy (non-hydrogen) atoms. The Balaban J connectivity index is 1.75. The van der Waals surface area contributed by atoms with Crippen molar-refractivity contribution in [2.75, 3.05) is 38.6 Å². The molecule has 3 rings (SSSR count). The Morgan fingerprint density at radius 1 is 1.25 bits per heavy atom. The van der Waals surface area contributed by atoms with Crippen molar-refractivity contribution in [1.82, 2.24) is 10.2 Å². The summed E-state index contributed by atoms with van der Waals surface area (Å²) in [6.07, 6.45) is 5.26. The van der Waals surface area contributed by atoms with Crippen LogP contribution in [0.3, 0.4) is 0 Å². The first-order chi connectivity index (χ1) is 9.75. The minimum Gasteiger partial charge on any atom is -0.373 e. The first-order valence-electron chi connectivity index (χ1n) is 7.99. The van der Waals surface area contributed by atoms with E-state index in [4.69, 9.17) is 0 Å². The summed E-state index contributed by atoms with van der Waals surface area (Å²) in [5.74, 6) is 0. The maximum atomic E-state index is 3.63. The van der Waals surface area contributed by atoms with Gasteiger partial charge < -0.3 is 15.1 Å². The fraction of sp³-hybridized carbons (Fsp3) is 0.647. The predicted octanol–water partition coefficient (Wildman–Crippen LogP) is 2.64. The van der Waals surface area contributed by atoms with Gasteiger partial charge in [-0.15, -0.1) is 0 Å². The van der Waals surface area contributed by atoms with Gasteiger partial charge in [-0.3, -0.25) is 0 Å². The zero-order valence-electron chi connectivity index (χ0n) is 12.8. The second kappa shape index (κ2) is 6.15. The molecule has 1 aromatic rings. The maximum Gasteiger partial charge on any atom is 0.0412 e. The van der Waals surface area contributed by atoms with E-state index in [1.165, 1.54) is 43.5 Å². The third-order valence-electron chi connectivity index (χ3n) is 4.94. The molecule has 0 aromatic heterocycles. The molecule has 1 N–H and O–H groups in total. The van der Waals surface area contributed by atoms with Crippen molar-refractivity contribution in [3.05, 3.63) is 29.8 Å². The quantitative estimate of drug-likeness (QED) is 0.910. The van der Waals surface area contributed by atoms with Crippen LogP contribution in [0, 0.1) is 0 Å². The minimum absolute atomic E-state index is 0.551. The molecule has 3 heteroatoms. The number of likely N-dealkylation sites (N-methyl/N-ethyl adjacent to an activating group) is 2. The van der Waals surface area contributed by atoms with Crippen LogP contribution in [0.4, 0.5) is 5.69 Å². The van der Waals surface area contributed by atoms with Crippen LogP contribution < -0.4 is 10.2 Å². The van der Waals surface area contributed by atoms with E-state index in [0.29, 0.717) is 12.1 Å². The van der Waals surface area contributed by atoms with Gasteiger partial charge in [-0.1, -0.05) is 18.2 Å². The largest absolute Gasteiger partial charge is 0.373 e. The summed E-state index contributed by atoms with van der Waals surface area (Å²) in [4.78, 5) is 4.97. The molecule has 2 atom stereocenters. The Kier molecular flexibility index (Phi) is 4.27. The molecule has 1 aromatic carbocycles. The molecule has 110 valence electrons. The van der Waals surface area contributed by atoms with E-state index in [-0.39, 0.29) is 0 Å². The number of para-hydroxylation sites is 1. The van der Waals surface area contributed by atoms with Crippen LogP contribution in [-0.2, 0) is 0 Å². The van der Waals surface area contributed by atoms with Gasteiger partial charge >= 0.3 is 0 Å². The summed E-state index contributed by atoms with van der Waals surface area (Å²) in [7, 11) is 4.51. The van der Waals surface area contributed by atoms with Crippen molar-refractivity contribution in [1.29, 1.82) is 0 Å². The monoisotopic (exact) mass is 273 g/mol. The van der Waals surface area contributed by atoms with Gasteiger partial charge in [0.05, 0.1) is 0 Å². The van der Waals surface area contributed by atoms with Crippen molar-refractivity contribution >= 4 is 5.69 Å². The van der Waals surface area contributed by atoms with Crippen molar-refractivity contribution in [3.8, 4) is 0 Å². The average molecular weight is 273 g/mol. The van der Waals surface area contributed by atoms with E-state index in [1.807, 2.05) is 0 Å². The normalized spacial score (nSPS) is 27.1. The van der Waals surface area contributed by atoms with E-state index >= 15 is 0 Å². The molecular formula is C17H27N3. The molecule has 0 radical (unpaired) electrons. The van der Waals surface area contributed by atoms with E-state index in [9.17, 15) is 0 Å². The fourth-order valence-electron chi connectivity index (χ4n) is 3.70. The van der Waals surface area contributed by atoms with E-state index in [2.05, 4.69) is 53.5 Å². The van der Waals surface area contributed by atoms with Crippen molar-refractivity contribution in [2.45, 2.75) is 37.8 Å². The number of likely N-dealkylation sites (tertiary alicyclic amines) is 1. The lowest BCUT2D eigenvalue weighted by molar-refractivity contribution is 0.314. The maximum absolute atomic E-state index is 3.63. The SMILES string of the molecule is CN(CC1CCCN1C)c1ccccc1C1CCCN1. The van der Waals surface area contributed by atoms with Gasteiger partial charge in [-0.05, 0) is 57.5 Å². The topological polar surface area (TPSA) is 18.5 Å². The molecule has 0 amide bonds. The van der Waals surface area contributed by atoms with Gasteiger partial charge in [0.15, 0.2) is 0 Å². The predicted molar refractivity (Wildman–Crippen MR) is 85.3 cm³/mol. The molecule has 2 aliphatic rings. The van der Waals surface area contributed by atoms with Gasteiger partial charge in [0.1, 0.15) is 0 Å². The lowest BCUT2D eigenvalue weighted by Gasteiger charge is -2.30. The molecular weight excluding hydrogens is 246 g/mol. The van der Waals surface area contributed by atoms with Crippen LogP contribution in [0.15, 0.2) is 24.3 Å². The van der Waals surface area contributed by atoms with Crippen LogP contribution in [-0.4, -0.2) is 44.7 Å². The Hall–Kier alpha value is -1.06. The number of nitrogens with zero attached hydrogens (tertiary/aromatic N) is 2.